The number of phenols is 1. The highest BCUT2D eigenvalue weighted by molar-refractivity contribution is 5.35. The number of rotatable bonds is 6. The van der Waals surface area contributed by atoms with E-state index in [0.717, 1.165) is 6.07 Å². The fraction of sp³-hybridized carbons (Fsp3) is 0.538. The van der Waals surface area contributed by atoms with E-state index < -0.39 is 11.4 Å². The lowest BCUT2D eigenvalue weighted by molar-refractivity contribution is 0.0790. The third-order valence-corrected chi connectivity index (χ3v) is 3.26. The molecule has 0 bridgehead atoms. The van der Waals surface area contributed by atoms with Crippen LogP contribution in [0.3, 0.4) is 0 Å². The second-order valence-electron chi connectivity index (χ2n) is 4.52. The van der Waals surface area contributed by atoms with Crippen LogP contribution in [-0.4, -0.2) is 34.1 Å². The van der Waals surface area contributed by atoms with E-state index in [0.29, 0.717) is 12.0 Å². The van der Waals surface area contributed by atoms with Gasteiger partial charge >= 0.3 is 0 Å². The zero-order valence-electron chi connectivity index (χ0n) is 10.7. The molecule has 0 aliphatic rings. The van der Waals surface area contributed by atoms with Crippen LogP contribution in [0.15, 0.2) is 18.2 Å². The Morgan fingerprint density at radius 3 is 2.39 bits per heavy atom. The van der Waals surface area contributed by atoms with Gasteiger partial charge in [-0.3, -0.25) is 0 Å². The Morgan fingerprint density at radius 1 is 1.33 bits per heavy atom. The van der Waals surface area contributed by atoms with Crippen molar-refractivity contribution >= 4 is 0 Å². The number of aliphatic hydroxyl groups is 2. The Kier molecular flexibility index (Phi) is 5.07. The van der Waals surface area contributed by atoms with E-state index in [2.05, 4.69) is 5.32 Å². The molecule has 0 saturated heterocycles. The predicted molar refractivity (Wildman–Crippen MR) is 66.8 cm³/mol. The molecule has 1 aromatic carbocycles. The molecule has 0 amide bonds. The van der Waals surface area contributed by atoms with Gasteiger partial charge in [0.15, 0.2) is 0 Å². The van der Waals surface area contributed by atoms with Gasteiger partial charge in [0.05, 0.1) is 18.8 Å². The van der Waals surface area contributed by atoms with E-state index in [1.807, 2.05) is 6.92 Å². The van der Waals surface area contributed by atoms with Crippen LogP contribution in [0.5, 0.6) is 5.75 Å². The van der Waals surface area contributed by atoms with Crippen LogP contribution in [0.25, 0.3) is 0 Å². The third kappa shape index (κ3) is 3.19. The van der Waals surface area contributed by atoms with Gasteiger partial charge < -0.3 is 20.6 Å². The number of benzene rings is 1. The molecule has 0 radical (unpaired) electrons. The zero-order valence-corrected chi connectivity index (χ0v) is 10.7. The van der Waals surface area contributed by atoms with E-state index >= 15 is 0 Å². The largest absolute Gasteiger partial charge is 0.508 e. The molecule has 18 heavy (non-hydrogen) atoms. The number of phenolic OH excluding ortho intramolecular Hbond substituents is 1. The van der Waals surface area contributed by atoms with Crippen LogP contribution < -0.4 is 5.32 Å². The smallest absolute Gasteiger partial charge is 0.126 e. The summed E-state index contributed by atoms with van der Waals surface area (Å²) in [5.41, 5.74) is -0.281. The molecule has 0 aliphatic carbocycles. The van der Waals surface area contributed by atoms with Crippen molar-refractivity contribution in [3.8, 4) is 5.75 Å². The van der Waals surface area contributed by atoms with E-state index in [-0.39, 0.29) is 25.0 Å². The molecule has 5 heteroatoms. The summed E-state index contributed by atoms with van der Waals surface area (Å²) in [6, 6.07) is 3.47. The van der Waals surface area contributed by atoms with Crippen LogP contribution in [0.2, 0.25) is 0 Å². The van der Waals surface area contributed by atoms with Crippen molar-refractivity contribution in [3.63, 3.8) is 0 Å². The fourth-order valence-corrected chi connectivity index (χ4v) is 1.89. The number of aromatic hydroxyl groups is 1. The molecular weight excluding hydrogens is 237 g/mol. The lowest BCUT2D eigenvalue weighted by atomic mass is 9.95. The standard InChI is InChI=1S/C13H20FNO3/c1-3-13(7-16,8-17)15-9(2)11-5-4-10(14)6-12(11)18/h4-6,9,15-18H,3,7-8H2,1-2H3. The van der Waals surface area contributed by atoms with Gasteiger partial charge in [-0.05, 0) is 19.4 Å². The molecule has 0 aromatic heterocycles. The minimum Gasteiger partial charge on any atom is -0.508 e. The molecule has 0 aliphatic heterocycles. The first-order chi connectivity index (χ1) is 8.48. The molecule has 1 rings (SSSR count). The highest BCUT2D eigenvalue weighted by Crippen LogP contribution is 2.26. The number of halogens is 1. The summed E-state index contributed by atoms with van der Waals surface area (Å²) in [4.78, 5) is 0. The van der Waals surface area contributed by atoms with Crippen molar-refractivity contribution in [2.24, 2.45) is 0 Å². The summed E-state index contributed by atoms with van der Waals surface area (Å²) in [5, 5.41) is 31.4. The third-order valence-electron chi connectivity index (χ3n) is 3.26. The maximum Gasteiger partial charge on any atom is 0.126 e. The molecule has 102 valence electrons. The minimum absolute atomic E-state index is 0.143. The van der Waals surface area contributed by atoms with Crippen LogP contribution in [0, 0.1) is 5.82 Å². The maximum absolute atomic E-state index is 12.9. The summed E-state index contributed by atoms with van der Waals surface area (Å²) < 4.78 is 12.9. The number of aliphatic hydroxyl groups excluding tert-OH is 2. The maximum atomic E-state index is 12.9. The van der Waals surface area contributed by atoms with Gasteiger partial charge in [0, 0.05) is 17.7 Å². The Hall–Kier alpha value is -1.17. The van der Waals surface area contributed by atoms with Gasteiger partial charge in [-0.1, -0.05) is 13.0 Å². The summed E-state index contributed by atoms with van der Waals surface area (Å²) in [6.45, 7) is 3.19. The molecule has 1 aromatic rings. The zero-order chi connectivity index (χ0) is 13.8. The van der Waals surface area contributed by atoms with Crippen molar-refractivity contribution in [3.05, 3.63) is 29.6 Å². The lowest BCUT2D eigenvalue weighted by Crippen LogP contribution is -2.52. The molecule has 0 heterocycles. The summed E-state index contributed by atoms with van der Waals surface area (Å²) >= 11 is 0. The number of nitrogens with one attached hydrogen (secondary N) is 1. The highest BCUT2D eigenvalue weighted by Gasteiger charge is 2.29. The van der Waals surface area contributed by atoms with E-state index in [1.54, 1.807) is 6.92 Å². The van der Waals surface area contributed by atoms with E-state index in [1.165, 1.54) is 12.1 Å². The Morgan fingerprint density at radius 2 is 1.94 bits per heavy atom. The van der Waals surface area contributed by atoms with Gasteiger partial charge in [0.1, 0.15) is 11.6 Å². The predicted octanol–water partition coefficient (Wildman–Crippen LogP) is 1.32. The van der Waals surface area contributed by atoms with Crippen LogP contribution in [0.1, 0.15) is 31.9 Å². The van der Waals surface area contributed by atoms with Gasteiger partial charge in [0.2, 0.25) is 0 Å². The van der Waals surface area contributed by atoms with Crippen molar-refractivity contribution in [1.82, 2.24) is 5.32 Å². The van der Waals surface area contributed by atoms with Gasteiger partial charge in [-0.15, -0.1) is 0 Å². The molecule has 1 atom stereocenters. The topological polar surface area (TPSA) is 72.7 Å². The number of hydrogen-bond donors (Lipinski definition) is 4. The second-order valence-corrected chi connectivity index (χ2v) is 4.52. The average Bonchev–Trinajstić information content (AvgIpc) is 2.36. The Balaban J connectivity index is 2.90. The average molecular weight is 257 g/mol. The van der Waals surface area contributed by atoms with E-state index in [4.69, 9.17) is 0 Å². The van der Waals surface area contributed by atoms with Gasteiger partial charge in [0.25, 0.3) is 0 Å². The van der Waals surface area contributed by atoms with Crippen LogP contribution in [0.4, 0.5) is 4.39 Å². The molecule has 4 N–H and O–H groups in total. The first-order valence-electron chi connectivity index (χ1n) is 5.96. The fourth-order valence-electron chi connectivity index (χ4n) is 1.89. The molecule has 1 unspecified atom stereocenters. The van der Waals surface area contributed by atoms with Gasteiger partial charge in [-0.2, -0.15) is 0 Å². The second kappa shape index (κ2) is 6.13. The first-order valence-corrected chi connectivity index (χ1v) is 5.96. The summed E-state index contributed by atoms with van der Waals surface area (Å²) in [5.74, 6) is -0.648. The molecule has 0 saturated carbocycles. The molecule has 0 spiro atoms. The van der Waals surface area contributed by atoms with Crippen molar-refractivity contribution in [1.29, 1.82) is 0 Å². The quantitative estimate of drug-likeness (QED) is 0.620. The molecule has 0 fully saturated rings. The summed E-state index contributed by atoms with van der Waals surface area (Å²) in [7, 11) is 0. The number of hydrogen-bond acceptors (Lipinski definition) is 4. The van der Waals surface area contributed by atoms with Gasteiger partial charge in [-0.25, -0.2) is 4.39 Å². The van der Waals surface area contributed by atoms with Crippen molar-refractivity contribution < 1.29 is 19.7 Å². The SMILES string of the molecule is CCC(CO)(CO)NC(C)c1ccc(F)cc1O. The van der Waals surface area contributed by atoms with Crippen LogP contribution in [-0.2, 0) is 0 Å². The molecule has 4 nitrogen and oxygen atoms in total. The van der Waals surface area contributed by atoms with E-state index in [9.17, 15) is 19.7 Å². The van der Waals surface area contributed by atoms with Crippen LogP contribution >= 0.6 is 0 Å². The highest BCUT2D eigenvalue weighted by atomic mass is 19.1. The normalized spacial score (nSPS) is 13.6. The van der Waals surface area contributed by atoms with Crippen molar-refractivity contribution in [2.75, 3.05) is 13.2 Å². The van der Waals surface area contributed by atoms with Crippen molar-refractivity contribution in [2.45, 2.75) is 31.8 Å². The first kappa shape index (κ1) is 14.9. The lowest BCUT2D eigenvalue weighted by Gasteiger charge is -2.33. The minimum atomic E-state index is -0.805. The summed E-state index contributed by atoms with van der Waals surface area (Å²) in [6.07, 6.45) is 0.534. The Labute approximate surface area is 106 Å². The molecular formula is C13H20FNO3. The Bertz CT molecular complexity index is 386. The monoisotopic (exact) mass is 257 g/mol.